The van der Waals surface area contributed by atoms with Crippen molar-refractivity contribution in [2.75, 3.05) is 13.1 Å². The fourth-order valence-corrected chi connectivity index (χ4v) is 2.71. The predicted octanol–water partition coefficient (Wildman–Crippen LogP) is 2.77. The van der Waals surface area contributed by atoms with Gasteiger partial charge in [-0.05, 0) is 30.6 Å². The zero-order chi connectivity index (χ0) is 14.4. The fourth-order valence-electron chi connectivity index (χ4n) is 2.71. The number of amides is 1. The van der Waals surface area contributed by atoms with Crippen LogP contribution < -0.4 is 0 Å². The number of nitrogens with zero attached hydrogens (tertiary/aromatic N) is 1. The maximum atomic E-state index is 12.2. The number of carbonyl (C=O) groups excluding carboxylic acids is 1. The first-order valence-corrected chi connectivity index (χ1v) is 7.43. The summed E-state index contributed by atoms with van der Waals surface area (Å²) in [7, 11) is 0. The Morgan fingerprint density at radius 2 is 2.00 bits per heavy atom. The van der Waals surface area contributed by atoms with Gasteiger partial charge < -0.3 is 10.0 Å². The molecule has 3 atom stereocenters. The Hall–Kier alpha value is -1.06. The lowest BCUT2D eigenvalue weighted by molar-refractivity contribution is -0.138. The van der Waals surface area contributed by atoms with Crippen LogP contribution in [-0.4, -0.2) is 35.0 Å². The summed E-state index contributed by atoms with van der Waals surface area (Å²) in [4.78, 5) is 24.9. The Morgan fingerprint density at radius 3 is 2.58 bits per heavy atom. The van der Waals surface area contributed by atoms with Crippen LogP contribution in [0.25, 0.3) is 0 Å². The van der Waals surface area contributed by atoms with E-state index >= 15 is 0 Å². The molecule has 0 aromatic heterocycles. The molecule has 0 aromatic rings. The minimum Gasteiger partial charge on any atom is -0.481 e. The molecule has 0 radical (unpaired) electrons. The van der Waals surface area contributed by atoms with Gasteiger partial charge in [-0.3, -0.25) is 9.59 Å². The molecule has 0 spiro atoms. The van der Waals surface area contributed by atoms with Gasteiger partial charge in [0.2, 0.25) is 5.91 Å². The van der Waals surface area contributed by atoms with E-state index in [0.29, 0.717) is 18.3 Å². The number of hydrogen-bond acceptors (Lipinski definition) is 2. The zero-order valence-electron chi connectivity index (χ0n) is 12.4. The highest BCUT2D eigenvalue weighted by atomic mass is 16.4. The third-order valence-corrected chi connectivity index (χ3v) is 4.33. The molecule has 1 amide bonds. The molecule has 0 saturated carbocycles. The van der Waals surface area contributed by atoms with E-state index in [1.165, 1.54) is 0 Å². The van der Waals surface area contributed by atoms with E-state index in [1.54, 1.807) is 0 Å². The molecular weight excluding hydrogens is 242 g/mol. The minimum atomic E-state index is -0.740. The standard InChI is InChI=1S/C15H27NO3/c1-4-11(2)8-14(17)16-7-5-6-13(10-16)12(3)9-15(18)19/h11-13H,4-10H2,1-3H3,(H,18,19). The number of carbonyl (C=O) groups is 2. The summed E-state index contributed by atoms with van der Waals surface area (Å²) in [5, 5.41) is 8.86. The molecule has 1 heterocycles. The molecule has 1 aliphatic heterocycles. The summed E-state index contributed by atoms with van der Waals surface area (Å²) in [6.45, 7) is 7.77. The smallest absolute Gasteiger partial charge is 0.303 e. The van der Waals surface area contributed by atoms with Crippen LogP contribution in [0.1, 0.15) is 52.9 Å². The molecule has 1 saturated heterocycles. The maximum Gasteiger partial charge on any atom is 0.303 e. The maximum absolute atomic E-state index is 12.2. The molecule has 1 N–H and O–H groups in total. The Morgan fingerprint density at radius 1 is 1.32 bits per heavy atom. The van der Waals surface area contributed by atoms with Gasteiger partial charge in [-0.2, -0.15) is 0 Å². The molecular formula is C15H27NO3. The van der Waals surface area contributed by atoms with Gasteiger partial charge in [-0.15, -0.1) is 0 Å². The van der Waals surface area contributed by atoms with Crippen molar-refractivity contribution in [3.05, 3.63) is 0 Å². The van der Waals surface area contributed by atoms with Crippen LogP contribution in [-0.2, 0) is 9.59 Å². The number of rotatable bonds is 6. The van der Waals surface area contributed by atoms with Crippen LogP contribution in [0.5, 0.6) is 0 Å². The number of carboxylic acids is 1. The summed E-state index contributed by atoms with van der Waals surface area (Å²) in [6, 6.07) is 0. The molecule has 19 heavy (non-hydrogen) atoms. The van der Waals surface area contributed by atoms with Gasteiger partial charge in [0.1, 0.15) is 0 Å². The van der Waals surface area contributed by atoms with Crippen LogP contribution in [0.3, 0.4) is 0 Å². The normalized spacial score (nSPS) is 22.9. The van der Waals surface area contributed by atoms with Crippen molar-refractivity contribution in [1.82, 2.24) is 4.90 Å². The van der Waals surface area contributed by atoms with Gasteiger partial charge in [0.25, 0.3) is 0 Å². The molecule has 3 unspecified atom stereocenters. The number of likely N-dealkylation sites (tertiary alicyclic amines) is 1. The zero-order valence-corrected chi connectivity index (χ0v) is 12.4. The van der Waals surface area contributed by atoms with Crippen molar-refractivity contribution >= 4 is 11.9 Å². The first kappa shape index (κ1) is 16.0. The first-order valence-electron chi connectivity index (χ1n) is 7.43. The first-order chi connectivity index (χ1) is 8.93. The lowest BCUT2D eigenvalue weighted by atomic mass is 9.84. The second kappa shape index (κ2) is 7.51. The van der Waals surface area contributed by atoms with Crippen LogP contribution in [0.15, 0.2) is 0 Å². The van der Waals surface area contributed by atoms with Gasteiger partial charge in [0.05, 0.1) is 0 Å². The van der Waals surface area contributed by atoms with Gasteiger partial charge in [0.15, 0.2) is 0 Å². The van der Waals surface area contributed by atoms with E-state index in [-0.39, 0.29) is 18.2 Å². The summed E-state index contributed by atoms with van der Waals surface area (Å²) in [5.41, 5.74) is 0. The van der Waals surface area contributed by atoms with E-state index in [2.05, 4.69) is 13.8 Å². The van der Waals surface area contributed by atoms with Gasteiger partial charge in [0, 0.05) is 25.9 Å². The summed E-state index contributed by atoms with van der Waals surface area (Å²) >= 11 is 0. The van der Waals surface area contributed by atoms with E-state index < -0.39 is 5.97 Å². The summed E-state index contributed by atoms with van der Waals surface area (Å²) in [6.07, 6.45) is 3.90. The highest BCUT2D eigenvalue weighted by Crippen LogP contribution is 2.27. The lowest BCUT2D eigenvalue weighted by Gasteiger charge is -2.36. The minimum absolute atomic E-state index is 0.150. The number of carboxylic acid groups (broad SMARTS) is 1. The number of piperidine rings is 1. The topological polar surface area (TPSA) is 57.6 Å². The molecule has 0 aromatic carbocycles. The predicted molar refractivity (Wildman–Crippen MR) is 74.8 cm³/mol. The number of aliphatic carboxylic acids is 1. The Balaban J connectivity index is 2.49. The quantitative estimate of drug-likeness (QED) is 0.806. The van der Waals surface area contributed by atoms with E-state index in [4.69, 9.17) is 5.11 Å². The highest BCUT2D eigenvalue weighted by molar-refractivity contribution is 5.76. The van der Waals surface area contributed by atoms with Crippen molar-refractivity contribution in [2.24, 2.45) is 17.8 Å². The van der Waals surface area contributed by atoms with Crippen molar-refractivity contribution in [3.8, 4) is 0 Å². The van der Waals surface area contributed by atoms with Crippen LogP contribution >= 0.6 is 0 Å². The Bertz CT molecular complexity index is 317. The average Bonchev–Trinajstić information content (AvgIpc) is 2.37. The van der Waals surface area contributed by atoms with E-state index in [0.717, 1.165) is 32.4 Å². The molecule has 1 aliphatic rings. The second-order valence-electron chi connectivity index (χ2n) is 6.03. The molecule has 1 rings (SSSR count). The molecule has 1 fully saturated rings. The van der Waals surface area contributed by atoms with E-state index in [1.807, 2.05) is 11.8 Å². The van der Waals surface area contributed by atoms with Gasteiger partial charge in [-0.1, -0.05) is 27.2 Å². The molecule has 4 heteroatoms. The van der Waals surface area contributed by atoms with Crippen LogP contribution in [0, 0.1) is 17.8 Å². The average molecular weight is 269 g/mol. The van der Waals surface area contributed by atoms with Crippen LogP contribution in [0.4, 0.5) is 0 Å². The van der Waals surface area contributed by atoms with Crippen molar-refractivity contribution < 1.29 is 14.7 Å². The Kier molecular flexibility index (Phi) is 6.32. The largest absolute Gasteiger partial charge is 0.481 e. The monoisotopic (exact) mass is 269 g/mol. The van der Waals surface area contributed by atoms with Gasteiger partial charge >= 0.3 is 5.97 Å². The third-order valence-electron chi connectivity index (χ3n) is 4.33. The third kappa shape index (κ3) is 5.21. The lowest BCUT2D eigenvalue weighted by Crippen LogP contribution is -2.42. The van der Waals surface area contributed by atoms with Gasteiger partial charge in [-0.25, -0.2) is 0 Å². The van der Waals surface area contributed by atoms with Crippen molar-refractivity contribution in [3.63, 3.8) is 0 Å². The second-order valence-corrected chi connectivity index (χ2v) is 6.03. The summed E-state index contributed by atoms with van der Waals surface area (Å²) in [5.74, 6) is 0.420. The van der Waals surface area contributed by atoms with Crippen LogP contribution in [0.2, 0.25) is 0 Å². The van der Waals surface area contributed by atoms with E-state index in [9.17, 15) is 9.59 Å². The molecule has 0 bridgehead atoms. The fraction of sp³-hybridized carbons (Fsp3) is 0.867. The van der Waals surface area contributed by atoms with Crippen molar-refractivity contribution in [1.29, 1.82) is 0 Å². The SMILES string of the molecule is CCC(C)CC(=O)N1CCCC(C(C)CC(=O)O)C1. The number of hydrogen-bond donors (Lipinski definition) is 1. The molecule has 4 nitrogen and oxygen atoms in total. The van der Waals surface area contributed by atoms with Crippen molar-refractivity contribution in [2.45, 2.75) is 52.9 Å². The highest BCUT2D eigenvalue weighted by Gasteiger charge is 2.28. The summed E-state index contributed by atoms with van der Waals surface area (Å²) < 4.78 is 0. The molecule has 0 aliphatic carbocycles. The Labute approximate surface area is 116 Å². The molecule has 110 valence electrons.